The van der Waals surface area contributed by atoms with Gasteiger partial charge >= 0.3 is 0 Å². The Morgan fingerprint density at radius 1 is 1.37 bits per heavy atom. The van der Waals surface area contributed by atoms with Crippen molar-refractivity contribution >= 4 is 27.1 Å². The molecule has 27 heavy (non-hydrogen) atoms. The maximum Gasteiger partial charge on any atom is 0.279 e. The molecule has 1 saturated carbocycles. The normalized spacial score (nSPS) is 24.1. The predicted molar refractivity (Wildman–Crippen MR) is 96.8 cm³/mol. The minimum atomic E-state index is -3.60. The van der Waals surface area contributed by atoms with Gasteiger partial charge in [-0.25, -0.2) is 18.7 Å². The van der Waals surface area contributed by atoms with Crippen LogP contribution >= 0.6 is 0 Å². The summed E-state index contributed by atoms with van der Waals surface area (Å²) in [6.45, 7) is 0.338. The summed E-state index contributed by atoms with van der Waals surface area (Å²) in [5.74, 6) is 0.563. The van der Waals surface area contributed by atoms with Crippen molar-refractivity contribution in [3.05, 3.63) is 18.6 Å². The van der Waals surface area contributed by atoms with E-state index in [0.29, 0.717) is 12.8 Å². The molecule has 0 aromatic carbocycles. The first-order valence-corrected chi connectivity index (χ1v) is 10.3. The lowest BCUT2D eigenvalue weighted by Crippen LogP contribution is -2.60. The molecular weight excluding hydrogens is 378 g/mol. The van der Waals surface area contributed by atoms with Crippen LogP contribution in [0.1, 0.15) is 19.3 Å². The highest BCUT2D eigenvalue weighted by Crippen LogP contribution is 2.32. The number of nitrogens with zero attached hydrogens (tertiary/aromatic N) is 4. The number of rotatable bonds is 7. The van der Waals surface area contributed by atoms with Gasteiger partial charge in [0.05, 0.1) is 5.39 Å². The summed E-state index contributed by atoms with van der Waals surface area (Å²) < 4.78 is 53.2. The number of fused-ring (bicyclic) bond motifs is 1. The fourth-order valence-electron chi connectivity index (χ4n) is 3.72. The zero-order valence-corrected chi connectivity index (χ0v) is 15.7. The monoisotopic (exact) mass is 400 g/mol. The third-order valence-electron chi connectivity index (χ3n) is 5.42. The number of anilines is 1. The Hall–Kier alpha value is -1.85. The largest absolute Gasteiger partial charge is 0.356 e. The molecule has 1 aliphatic heterocycles. The highest BCUT2D eigenvalue weighted by Gasteiger charge is 2.41. The number of H-pyrrole nitrogens is 1. The van der Waals surface area contributed by atoms with Crippen LogP contribution < -0.4 is 9.62 Å². The number of halogens is 2. The zero-order chi connectivity index (χ0) is 19.2. The summed E-state index contributed by atoms with van der Waals surface area (Å²) in [4.78, 5) is 13.6. The summed E-state index contributed by atoms with van der Waals surface area (Å²) in [7, 11) is -1.66. The highest BCUT2D eigenvalue weighted by atomic mass is 32.2. The van der Waals surface area contributed by atoms with Gasteiger partial charge in [-0.3, -0.25) is 0 Å². The van der Waals surface area contributed by atoms with Crippen molar-refractivity contribution in [1.29, 1.82) is 0 Å². The molecule has 0 unspecified atom stereocenters. The summed E-state index contributed by atoms with van der Waals surface area (Å²) in [6, 6.07) is 1.94. The predicted octanol–water partition coefficient (Wildman–Crippen LogP) is 1.35. The molecule has 0 spiro atoms. The standard InChI is InChI=1S/C16H22F2N6O2S/c1-23(16-13-2-3-19-15(13)20-9-21-16)12-5-11(6-12)22-27(25,26)24-7-10(8-24)4-14(17)18/h2-3,9-12,14,22H,4-8H2,1H3,(H,19,20,21)/t11-,12+. The second kappa shape index (κ2) is 6.95. The first-order valence-electron chi connectivity index (χ1n) is 8.90. The SMILES string of the molecule is CN(c1ncnc2[nH]ccc12)[C@H]1C[C@@H](NS(=O)(=O)N2CC(CC(F)F)C2)C1. The van der Waals surface area contributed by atoms with Crippen molar-refractivity contribution in [3.8, 4) is 0 Å². The lowest BCUT2D eigenvalue weighted by atomic mass is 9.86. The molecule has 2 aromatic heterocycles. The minimum absolute atomic E-state index is 0.153. The number of aromatic amines is 1. The third-order valence-corrected chi connectivity index (χ3v) is 7.03. The fourth-order valence-corrected chi connectivity index (χ4v) is 5.29. The van der Waals surface area contributed by atoms with Crippen LogP contribution in [0.2, 0.25) is 0 Å². The Bertz CT molecular complexity index is 909. The van der Waals surface area contributed by atoms with E-state index in [4.69, 9.17) is 0 Å². The average Bonchev–Trinajstić information content (AvgIpc) is 3.01. The maximum atomic E-state index is 12.3. The van der Waals surface area contributed by atoms with Crippen LogP contribution in [0.15, 0.2) is 18.6 Å². The zero-order valence-electron chi connectivity index (χ0n) is 14.8. The summed E-state index contributed by atoms with van der Waals surface area (Å²) in [5, 5.41) is 0.926. The van der Waals surface area contributed by atoms with Gasteiger partial charge in [-0.1, -0.05) is 0 Å². The van der Waals surface area contributed by atoms with E-state index in [2.05, 4.69) is 19.7 Å². The molecule has 1 saturated heterocycles. The Labute approximate surface area is 156 Å². The summed E-state index contributed by atoms with van der Waals surface area (Å²) in [5.41, 5.74) is 0.763. The highest BCUT2D eigenvalue weighted by molar-refractivity contribution is 7.87. The Kier molecular flexibility index (Phi) is 4.77. The summed E-state index contributed by atoms with van der Waals surface area (Å²) in [6.07, 6.45) is 2.02. The number of alkyl halides is 2. The van der Waals surface area contributed by atoms with Gasteiger partial charge in [0.25, 0.3) is 10.2 Å². The lowest BCUT2D eigenvalue weighted by Gasteiger charge is -2.44. The molecule has 2 aliphatic rings. The van der Waals surface area contributed by atoms with E-state index in [-0.39, 0.29) is 37.5 Å². The van der Waals surface area contributed by atoms with Gasteiger partial charge in [0.15, 0.2) is 0 Å². The van der Waals surface area contributed by atoms with Gasteiger partial charge in [0.2, 0.25) is 6.43 Å². The molecule has 2 fully saturated rings. The van der Waals surface area contributed by atoms with Crippen molar-refractivity contribution in [2.45, 2.75) is 37.8 Å². The average molecular weight is 400 g/mol. The minimum Gasteiger partial charge on any atom is -0.356 e. The van der Waals surface area contributed by atoms with E-state index < -0.39 is 16.6 Å². The fraction of sp³-hybridized carbons (Fsp3) is 0.625. The molecule has 2 N–H and O–H groups in total. The second-order valence-electron chi connectivity index (χ2n) is 7.30. The summed E-state index contributed by atoms with van der Waals surface area (Å²) >= 11 is 0. The lowest BCUT2D eigenvalue weighted by molar-refractivity contribution is 0.0728. The third kappa shape index (κ3) is 3.63. The van der Waals surface area contributed by atoms with E-state index in [1.807, 2.05) is 24.2 Å². The van der Waals surface area contributed by atoms with Crippen LogP contribution in [-0.2, 0) is 10.2 Å². The van der Waals surface area contributed by atoms with Gasteiger partial charge in [-0.15, -0.1) is 0 Å². The van der Waals surface area contributed by atoms with Gasteiger partial charge in [0, 0.05) is 44.8 Å². The molecule has 0 radical (unpaired) electrons. The van der Waals surface area contributed by atoms with Gasteiger partial charge < -0.3 is 9.88 Å². The Morgan fingerprint density at radius 2 is 2.11 bits per heavy atom. The van der Waals surface area contributed by atoms with Crippen LogP contribution in [-0.4, -0.2) is 66.3 Å². The number of hydrogen-bond donors (Lipinski definition) is 2. The number of aromatic nitrogens is 3. The van der Waals surface area contributed by atoms with Crippen LogP contribution in [0.5, 0.6) is 0 Å². The van der Waals surface area contributed by atoms with Gasteiger partial charge in [-0.2, -0.15) is 17.4 Å². The molecule has 4 rings (SSSR count). The van der Waals surface area contributed by atoms with E-state index in [0.717, 1.165) is 16.9 Å². The molecule has 8 nitrogen and oxygen atoms in total. The molecule has 1 aliphatic carbocycles. The van der Waals surface area contributed by atoms with Crippen LogP contribution in [0, 0.1) is 5.92 Å². The van der Waals surface area contributed by atoms with E-state index in [9.17, 15) is 17.2 Å². The molecule has 0 bridgehead atoms. The van der Waals surface area contributed by atoms with Gasteiger partial charge in [-0.05, 0) is 24.8 Å². The molecule has 2 aromatic rings. The molecule has 0 atom stereocenters. The van der Waals surface area contributed by atoms with Gasteiger partial charge in [0.1, 0.15) is 17.8 Å². The van der Waals surface area contributed by atoms with Crippen molar-refractivity contribution in [3.63, 3.8) is 0 Å². The second-order valence-corrected chi connectivity index (χ2v) is 9.01. The van der Waals surface area contributed by atoms with Crippen molar-refractivity contribution in [2.75, 3.05) is 25.0 Å². The number of nitrogens with one attached hydrogen (secondary N) is 2. The molecule has 11 heteroatoms. The quantitative estimate of drug-likeness (QED) is 0.732. The molecule has 3 heterocycles. The Morgan fingerprint density at radius 3 is 2.81 bits per heavy atom. The first kappa shape index (κ1) is 18.5. The van der Waals surface area contributed by atoms with E-state index in [1.165, 1.54) is 10.6 Å². The molecule has 0 amide bonds. The van der Waals surface area contributed by atoms with Crippen molar-refractivity contribution in [2.24, 2.45) is 5.92 Å². The van der Waals surface area contributed by atoms with Crippen molar-refractivity contribution < 1.29 is 17.2 Å². The Balaban J connectivity index is 1.30. The molecule has 148 valence electrons. The molecular formula is C16H22F2N6O2S. The number of hydrogen-bond acceptors (Lipinski definition) is 5. The smallest absolute Gasteiger partial charge is 0.279 e. The van der Waals surface area contributed by atoms with Crippen LogP contribution in [0.25, 0.3) is 11.0 Å². The van der Waals surface area contributed by atoms with Crippen LogP contribution in [0.4, 0.5) is 14.6 Å². The van der Waals surface area contributed by atoms with E-state index >= 15 is 0 Å². The first-order chi connectivity index (χ1) is 12.8. The maximum absolute atomic E-state index is 12.3. The van der Waals surface area contributed by atoms with E-state index in [1.54, 1.807) is 0 Å². The van der Waals surface area contributed by atoms with Crippen molar-refractivity contribution in [1.82, 2.24) is 24.0 Å². The topological polar surface area (TPSA) is 94.2 Å². The van der Waals surface area contributed by atoms with Crippen LogP contribution in [0.3, 0.4) is 0 Å².